The quantitative estimate of drug-likeness (QED) is 0.628. The third kappa shape index (κ3) is 5.53. The van der Waals surface area contributed by atoms with Gasteiger partial charge in [0.05, 0.1) is 12.7 Å². The first-order valence-electron chi connectivity index (χ1n) is 7.28. The highest BCUT2D eigenvalue weighted by molar-refractivity contribution is 5.80. The SMILES string of the molecule is CCCCCCCCCCN1C(=O)CNC1C. The van der Waals surface area contributed by atoms with Crippen molar-refractivity contribution in [2.24, 2.45) is 0 Å². The van der Waals surface area contributed by atoms with E-state index >= 15 is 0 Å². The van der Waals surface area contributed by atoms with Gasteiger partial charge in [-0.1, -0.05) is 51.9 Å². The molecule has 1 atom stereocenters. The molecule has 1 saturated heterocycles. The Labute approximate surface area is 106 Å². The van der Waals surface area contributed by atoms with Gasteiger partial charge in [-0.2, -0.15) is 0 Å². The molecule has 1 rings (SSSR count). The van der Waals surface area contributed by atoms with Gasteiger partial charge in [0.15, 0.2) is 0 Å². The van der Waals surface area contributed by atoms with Crippen molar-refractivity contribution in [1.82, 2.24) is 10.2 Å². The van der Waals surface area contributed by atoms with Gasteiger partial charge >= 0.3 is 0 Å². The average molecular weight is 240 g/mol. The normalized spacial score (nSPS) is 20.2. The summed E-state index contributed by atoms with van der Waals surface area (Å²) in [5.41, 5.74) is 0. The molecule has 1 fully saturated rings. The molecule has 0 aromatic carbocycles. The third-order valence-corrected chi connectivity index (χ3v) is 3.59. The second-order valence-electron chi connectivity index (χ2n) is 5.12. The summed E-state index contributed by atoms with van der Waals surface area (Å²) in [4.78, 5) is 13.5. The van der Waals surface area contributed by atoms with Gasteiger partial charge in [0.25, 0.3) is 0 Å². The van der Waals surface area contributed by atoms with Crippen molar-refractivity contribution in [3.05, 3.63) is 0 Å². The van der Waals surface area contributed by atoms with Gasteiger partial charge in [-0.05, 0) is 13.3 Å². The Balaban J connectivity index is 1.92. The molecule has 3 heteroatoms. The Kier molecular flexibility index (Phi) is 7.25. The molecule has 0 saturated carbocycles. The van der Waals surface area contributed by atoms with Crippen molar-refractivity contribution in [2.45, 2.75) is 71.4 Å². The second kappa shape index (κ2) is 8.51. The summed E-state index contributed by atoms with van der Waals surface area (Å²) in [6.07, 6.45) is 10.8. The van der Waals surface area contributed by atoms with E-state index in [2.05, 4.69) is 19.2 Å². The van der Waals surface area contributed by atoms with Gasteiger partial charge in [0, 0.05) is 6.54 Å². The lowest BCUT2D eigenvalue weighted by molar-refractivity contribution is -0.127. The minimum atomic E-state index is 0.243. The van der Waals surface area contributed by atoms with Crippen LogP contribution >= 0.6 is 0 Å². The van der Waals surface area contributed by atoms with E-state index in [1.165, 1.54) is 44.9 Å². The topological polar surface area (TPSA) is 32.3 Å². The molecule has 3 nitrogen and oxygen atoms in total. The summed E-state index contributed by atoms with van der Waals surface area (Å²) < 4.78 is 0. The number of carbonyl (C=O) groups excluding carboxylic acids is 1. The zero-order valence-corrected chi connectivity index (χ0v) is 11.5. The first kappa shape index (κ1) is 14.5. The van der Waals surface area contributed by atoms with Gasteiger partial charge in [0.2, 0.25) is 5.91 Å². The summed E-state index contributed by atoms with van der Waals surface area (Å²) in [6, 6.07) is 0. The minimum absolute atomic E-state index is 0.243. The molecule has 0 bridgehead atoms. The summed E-state index contributed by atoms with van der Waals surface area (Å²) in [7, 11) is 0. The van der Waals surface area contributed by atoms with Crippen LogP contribution in [-0.2, 0) is 4.79 Å². The van der Waals surface area contributed by atoms with Crippen molar-refractivity contribution in [2.75, 3.05) is 13.1 Å². The van der Waals surface area contributed by atoms with E-state index in [-0.39, 0.29) is 12.1 Å². The van der Waals surface area contributed by atoms with E-state index in [0.717, 1.165) is 13.0 Å². The number of nitrogens with one attached hydrogen (secondary N) is 1. The molecule has 1 aliphatic rings. The van der Waals surface area contributed by atoms with E-state index in [1.54, 1.807) is 0 Å². The van der Waals surface area contributed by atoms with Crippen LogP contribution in [0.1, 0.15) is 65.2 Å². The lowest BCUT2D eigenvalue weighted by Crippen LogP contribution is -2.35. The third-order valence-electron chi connectivity index (χ3n) is 3.59. The van der Waals surface area contributed by atoms with Gasteiger partial charge in [-0.15, -0.1) is 0 Å². The standard InChI is InChI=1S/C14H28N2O/c1-3-4-5-6-7-8-9-10-11-16-13(2)15-12-14(16)17/h13,15H,3-12H2,1-2H3. The summed E-state index contributed by atoms with van der Waals surface area (Å²) in [5, 5.41) is 3.17. The van der Waals surface area contributed by atoms with Crippen LogP contribution in [0.5, 0.6) is 0 Å². The fraction of sp³-hybridized carbons (Fsp3) is 0.929. The number of rotatable bonds is 9. The molecule has 0 aromatic heterocycles. The van der Waals surface area contributed by atoms with Crippen molar-refractivity contribution >= 4 is 5.91 Å². The monoisotopic (exact) mass is 240 g/mol. The molecule has 1 N–H and O–H groups in total. The van der Waals surface area contributed by atoms with Crippen LogP contribution < -0.4 is 5.32 Å². The molecule has 0 spiro atoms. The van der Waals surface area contributed by atoms with E-state index in [1.807, 2.05) is 4.90 Å². The molecule has 0 aromatic rings. The first-order valence-corrected chi connectivity index (χ1v) is 7.28. The van der Waals surface area contributed by atoms with Crippen LogP contribution in [0, 0.1) is 0 Å². The molecule has 1 amide bonds. The predicted octanol–water partition coefficient (Wildman–Crippen LogP) is 2.90. The van der Waals surface area contributed by atoms with Crippen LogP contribution in [0.25, 0.3) is 0 Å². The van der Waals surface area contributed by atoms with Crippen molar-refractivity contribution in [3.63, 3.8) is 0 Å². The maximum absolute atomic E-state index is 11.5. The molecular formula is C14H28N2O. The highest BCUT2D eigenvalue weighted by atomic mass is 16.2. The largest absolute Gasteiger partial charge is 0.326 e. The molecule has 17 heavy (non-hydrogen) atoms. The first-order chi connectivity index (χ1) is 8.25. The average Bonchev–Trinajstić information content (AvgIpc) is 2.63. The zero-order valence-electron chi connectivity index (χ0n) is 11.5. The second-order valence-corrected chi connectivity index (χ2v) is 5.12. The van der Waals surface area contributed by atoms with Crippen molar-refractivity contribution in [3.8, 4) is 0 Å². The number of carbonyl (C=O) groups is 1. The van der Waals surface area contributed by atoms with Crippen molar-refractivity contribution < 1.29 is 4.79 Å². The molecule has 1 unspecified atom stereocenters. The Morgan fingerprint density at radius 3 is 2.24 bits per heavy atom. The van der Waals surface area contributed by atoms with Gasteiger partial charge in [-0.3, -0.25) is 10.1 Å². The van der Waals surface area contributed by atoms with Crippen LogP contribution in [0.2, 0.25) is 0 Å². The van der Waals surface area contributed by atoms with Gasteiger partial charge in [0.1, 0.15) is 0 Å². The fourth-order valence-electron chi connectivity index (χ4n) is 2.40. The molecule has 1 aliphatic heterocycles. The van der Waals surface area contributed by atoms with Crippen LogP contribution in [0.15, 0.2) is 0 Å². The van der Waals surface area contributed by atoms with Crippen LogP contribution in [0.4, 0.5) is 0 Å². The lowest BCUT2D eigenvalue weighted by Gasteiger charge is -2.20. The molecule has 0 radical (unpaired) electrons. The van der Waals surface area contributed by atoms with Gasteiger partial charge in [-0.25, -0.2) is 0 Å². The molecule has 100 valence electrons. The number of unbranched alkanes of at least 4 members (excludes halogenated alkanes) is 7. The number of hydrogen-bond acceptors (Lipinski definition) is 2. The summed E-state index contributed by atoms with van der Waals surface area (Å²) >= 11 is 0. The summed E-state index contributed by atoms with van der Waals surface area (Å²) in [6.45, 7) is 5.78. The zero-order chi connectivity index (χ0) is 12.5. The maximum Gasteiger partial charge on any atom is 0.237 e. The molecule has 1 heterocycles. The maximum atomic E-state index is 11.5. The predicted molar refractivity (Wildman–Crippen MR) is 71.8 cm³/mol. The number of nitrogens with zero attached hydrogens (tertiary/aromatic N) is 1. The Bertz CT molecular complexity index is 218. The molecule has 0 aliphatic carbocycles. The minimum Gasteiger partial charge on any atom is -0.326 e. The van der Waals surface area contributed by atoms with Crippen LogP contribution in [-0.4, -0.2) is 30.1 Å². The Morgan fingerprint density at radius 2 is 1.71 bits per heavy atom. The fourth-order valence-corrected chi connectivity index (χ4v) is 2.40. The van der Waals surface area contributed by atoms with E-state index in [4.69, 9.17) is 0 Å². The van der Waals surface area contributed by atoms with E-state index in [9.17, 15) is 4.79 Å². The summed E-state index contributed by atoms with van der Waals surface area (Å²) in [5.74, 6) is 0.264. The smallest absolute Gasteiger partial charge is 0.237 e. The van der Waals surface area contributed by atoms with E-state index in [0.29, 0.717) is 6.54 Å². The van der Waals surface area contributed by atoms with E-state index < -0.39 is 0 Å². The lowest BCUT2D eigenvalue weighted by atomic mass is 10.1. The molecular weight excluding hydrogens is 212 g/mol. The van der Waals surface area contributed by atoms with Crippen LogP contribution in [0.3, 0.4) is 0 Å². The number of amides is 1. The van der Waals surface area contributed by atoms with Gasteiger partial charge < -0.3 is 4.90 Å². The highest BCUT2D eigenvalue weighted by Crippen LogP contribution is 2.11. The van der Waals surface area contributed by atoms with Crippen molar-refractivity contribution in [1.29, 1.82) is 0 Å². The Hall–Kier alpha value is -0.570. The number of hydrogen-bond donors (Lipinski definition) is 1. The Morgan fingerprint density at radius 1 is 1.12 bits per heavy atom. The highest BCUT2D eigenvalue weighted by Gasteiger charge is 2.25.